The highest BCUT2D eigenvalue weighted by atomic mass is 15.1. The number of hydrogen-bond donors (Lipinski definition) is 2. The molecule has 0 aliphatic rings. The van der Waals surface area contributed by atoms with E-state index in [1.165, 1.54) is 0 Å². The highest BCUT2D eigenvalue weighted by molar-refractivity contribution is 5.78. The Bertz CT molecular complexity index is 142. The Morgan fingerprint density at radius 1 is 1.15 bits per heavy atom. The number of hydrogen-bond acceptors (Lipinski definition) is 2. The third kappa shape index (κ3) is 7.78. The van der Waals surface area contributed by atoms with E-state index in [9.17, 15) is 0 Å². The molecule has 0 saturated carbocycles. The summed E-state index contributed by atoms with van der Waals surface area (Å²) in [5, 5.41) is 7.25. The zero-order valence-electron chi connectivity index (χ0n) is 9.30. The van der Waals surface area contributed by atoms with E-state index in [4.69, 9.17) is 11.1 Å². The largest absolute Gasteiger partial charge is 0.387 e. The van der Waals surface area contributed by atoms with Crippen molar-refractivity contribution in [2.45, 2.75) is 27.7 Å². The molecule has 0 rings (SSSR count). The number of nitrogens with zero attached hydrogens (tertiary/aromatic N) is 1. The van der Waals surface area contributed by atoms with Gasteiger partial charge in [-0.1, -0.05) is 27.7 Å². The molecule has 0 aromatic heterocycles. The lowest BCUT2D eigenvalue weighted by Crippen LogP contribution is -2.38. The highest BCUT2D eigenvalue weighted by Crippen LogP contribution is 2.02. The van der Waals surface area contributed by atoms with Crippen molar-refractivity contribution in [3.05, 3.63) is 0 Å². The van der Waals surface area contributed by atoms with Crippen molar-refractivity contribution >= 4 is 5.84 Å². The summed E-state index contributed by atoms with van der Waals surface area (Å²) in [5.41, 5.74) is 5.39. The van der Waals surface area contributed by atoms with Gasteiger partial charge in [0.05, 0.1) is 6.54 Å². The predicted octanol–water partition coefficient (Wildman–Crippen LogP) is 1.54. The quantitative estimate of drug-likeness (QED) is 0.487. The SMILES string of the molecule is CC(C)CN(CC(=N)N)CC(C)C. The molecule has 0 atom stereocenters. The van der Waals surface area contributed by atoms with Gasteiger partial charge in [-0.15, -0.1) is 0 Å². The molecule has 0 unspecified atom stereocenters. The average molecular weight is 185 g/mol. The van der Waals surface area contributed by atoms with Gasteiger partial charge in [-0.2, -0.15) is 0 Å². The Balaban J connectivity index is 3.95. The van der Waals surface area contributed by atoms with Crippen molar-refractivity contribution in [3.63, 3.8) is 0 Å². The second-order valence-electron chi connectivity index (χ2n) is 4.51. The van der Waals surface area contributed by atoms with Crippen molar-refractivity contribution in [2.75, 3.05) is 19.6 Å². The lowest BCUT2D eigenvalue weighted by atomic mass is 10.1. The number of nitrogens with two attached hydrogens (primary N) is 1. The smallest absolute Gasteiger partial charge is 0.105 e. The Kier molecular flexibility index (Phi) is 5.71. The van der Waals surface area contributed by atoms with Crippen LogP contribution >= 0.6 is 0 Å². The van der Waals surface area contributed by atoms with Crippen LogP contribution in [-0.2, 0) is 0 Å². The fourth-order valence-electron chi connectivity index (χ4n) is 1.48. The highest BCUT2D eigenvalue weighted by Gasteiger charge is 2.09. The molecule has 0 amide bonds. The molecule has 0 aliphatic carbocycles. The van der Waals surface area contributed by atoms with E-state index >= 15 is 0 Å². The number of amidine groups is 1. The molecule has 3 N–H and O–H groups in total. The molecule has 0 bridgehead atoms. The van der Waals surface area contributed by atoms with Crippen molar-refractivity contribution in [1.82, 2.24) is 4.90 Å². The van der Waals surface area contributed by atoms with Crippen LogP contribution in [-0.4, -0.2) is 30.4 Å². The van der Waals surface area contributed by atoms with E-state index in [2.05, 4.69) is 32.6 Å². The molecule has 0 aromatic carbocycles. The van der Waals surface area contributed by atoms with E-state index in [-0.39, 0.29) is 5.84 Å². The first kappa shape index (κ1) is 12.4. The average Bonchev–Trinajstić information content (AvgIpc) is 1.80. The maximum atomic E-state index is 7.25. The van der Waals surface area contributed by atoms with Crippen LogP contribution < -0.4 is 5.73 Å². The summed E-state index contributed by atoms with van der Waals surface area (Å²) in [6, 6.07) is 0. The number of nitrogens with one attached hydrogen (secondary N) is 1. The maximum Gasteiger partial charge on any atom is 0.105 e. The van der Waals surface area contributed by atoms with Crippen molar-refractivity contribution < 1.29 is 0 Å². The normalized spacial score (nSPS) is 11.6. The van der Waals surface area contributed by atoms with Gasteiger partial charge in [0.1, 0.15) is 5.84 Å². The summed E-state index contributed by atoms with van der Waals surface area (Å²) in [5.74, 6) is 1.54. The third-order valence-electron chi connectivity index (χ3n) is 1.64. The fraction of sp³-hybridized carbons (Fsp3) is 0.900. The predicted molar refractivity (Wildman–Crippen MR) is 58.0 cm³/mol. The Hall–Kier alpha value is -0.570. The molecule has 0 spiro atoms. The Morgan fingerprint density at radius 2 is 1.54 bits per heavy atom. The molecular formula is C10H23N3. The molecule has 0 fully saturated rings. The van der Waals surface area contributed by atoms with Gasteiger partial charge in [-0.25, -0.2) is 0 Å². The van der Waals surface area contributed by atoms with Crippen LogP contribution in [0.25, 0.3) is 0 Å². The minimum Gasteiger partial charge on any atom is -0.387 e. The molecule has 3 heteroatoms. The molecule has 78 valence electrons. The molecule has 0 aliphatic heterocycles. The minimum absolute atomic E-state index is 0.265. The zero-order chi connectivity index (χ0) is 10.4. The van der Waals surface area contributed by atoms with E-state index < -0.39 is 0 Å². The lowest BCUT2D eigenvalue weighted by molar-refractivity contribution is 0.247. The number of rotatable bonds is 6. The van der Waals surface area contributed by atoms with Crippen LogP contribution in [0, 0.1) is 17.2 Å². The van der Waals surface area contributed by atoms with Gasteiger partial charge in [0.15, 0.2) is 0 Å². The van der Waals surface area contributed by atoms with Crippen molar-refractivity contribution in [2.24, 2.45) is 17.6 Å². The van der Waals surface area contributed by atoms with E-state index in [1.807, 2.05) is 0 Å². The molecule has 0 aromatic rings. The van der Waals surface area contributed by atoms with Crippen molar-refractivity contribution in [1.29, 1.82) is 5.41 Å². The summed E-state index contributed by atoms with van der Waals surface area (Å²) < 4.78 is 0. The van der Waals surface area contributed by atoms with Crippen LogP contribution in [0.5, 0.6) is 0 Å². The molecule has 13 heavy (non-hydrogen) atoms. The molecule has 0 heterocycles. The third-order valence-corrected chi connectivity index (χ3v) is 1.64. The van der Waals surface area contributed by atoms with Crippen LogP contribution in [0.15, 0.2) is 0 Å². The first-order valence-corrected chi connectivity index (χ1v) is 4.97. The summed E-state index contributed by atoms with van der Waals surface area (Å²) >= 11 is 0. The van der Waals surface area contributed by atoms with E-state index in [0.717, 1.165) is 13.1 Å². The first-order chi connectivity index (χ1) is 5.91. The van der Waals surface area contributed by atoms with E-state index in [1.54, 1.807) is 0 Å². The summed E-state index contributed by atoms with van der Waals surface area (Å²) in [6.07, 6.45) is 0. The molecule has 0 saturated heterocycles. The van der Waals surface area contributed by atoms with Gasteiger partial charge in [-0.05, 0) is 11.8 Å². The maximum absolute atomic E-state index is 7.25. The second-order valence-corrected chi connectivity index (χ2v) is 4.51. The Morgan fingerprint density at radius 3 is 1.77 bits per heavy atom. The summed E-state index contributed by atoms with van der Waals surface area (Å²) in [4.78, 5) is 2.25. The van der Waals surface area contributed by atoms with Gasteiger partial charge in [0.2, 0.25) is 0 Å². The minimum atomic E-state index is 0.265. The molecule has 3 nitrogen and oxygen atoms in total. The standard InChI is InChI=1S/C10H23N3/c1-8(2)5-13(6-9(3)4)7-10(11)12/h8-9H,5-7H2,1-4H3,(H3,11,12). The fourth-order valence-corrected chi connectivity index (χ4v) is 1.48. The van der Waals surface area contributed by atoms with Crippen molar-refractivity contribution in [3.8, 4) is 0 Å². The summed E-state index contributed by atoms with van der Waals surface area (Å²) in [6.45, 7) is 11.4. The van der Waals surface area contributed by atoms with E-state index in [0.29, 0.717) is 18.4 Å². The van der Waals surface area contributed by atoms with Gasteiger partial charge in [-0.3, -0.25) is 10.3 Å². The molecule has 0 radical (unpaired) electrons. The Labute approximate surface area is 81.8 Å². The first-order valence-electron chi connectivity index (χ1n) is 4.97. The van der Waals surface area contributed by atoms with Gasteiger partial charge in [0, 0.05) is 13.1 Å². The second kappa shape index (κ2) is 5.97. The van der Waals surface area contributed by atoms with Gasteiger partial charge >= 0.3 is 0 Å². The summed E-state index contributed by atoms with van der Waals surface area (Å²) in [7, 11) is 0. The van der Waals surface area contributed by atoms with Gasteiger partial charge < -0.3 is 5.73 Å². The van der Waals surface area contributed by atoms with Crippen LogP contribution in [0.1, 0.15) is 27.7 Å². The monoisotopic (exact) mass is 185 g/mol. The van der Waals surface area contributed by atoms with Crippen LogP contribution in [0.2, 0.25) is 0 Å². The van der Waals surface area contributed by atoms with Gasteiger partial charge in [0.25, 0.3) is 0 Å². The topological polar surface area (TPSA) is 53.1 Å². The zero-order valence-corrected chi connectivity index (χ0v) is 9.30. The lowest BCUT2D eigenvalue weighted by Gasteiger charge is -2.25. The van der Waals surface area contributed by atoms with Crippen LogP contribution in [0.3, 0.4) is 0 Å². The van der Waals surface area contributed by atoms with Crippen LogP contribution in [0.4, 0.5) is 0 Å². The molecular weight excluding hydrogens is 162 g/mol.